The molecular weight excluding hydrogens is 508 g/mol. The normalized spacial score (nSPS) is 22.7. The van der Waals surface area contributed by atoms with Gasteiger partial charge in [0.1, 0.15) is 5.69 Å². The molecule has 1 N–H and O–H groups in total. The highest BCUT2D eigenvalue weighted by molar-refractivity contribution is 7.88. The van der Waals surface area contributed by atoms with Crippen molar-refractivity contribution in [3.8, 4) is 10.6 Å². The number of alkyl halides is 3. The third kappa shape index (κ3) is 5.92. The highest BCUT2D eigenvalue weighted by atomic mass is 32.2. The van der Waals surface area contributed by atoms with E-state index in [9.17, 15) is 26.0 Å². The number of anilines is 1. The van der Waals surface area contributed by atoms with E-state index >= 15 is 0 Å². The van der Waals surface area contributed by atoms with Crippen molar-refractivity contribution in [3.05, 3.63) is 22.7 Å². The minimum Gasteiger partial charge on any atom is -0.351 e. The third-order valence-electron chi connectivity index (χ3n) is 6.61. The fourth-order valence-corrected chi connectivity index (χ4v) is 6.72. The molecule has 3 heterocycles. The zero-order chi connectivity index (χ0) is 25.5. The van der Waals surface area contributed by atoms with Crippen LogP contribution in [-0.4, -0.2) is 78.1 Å². The number of hydrogen-bond donors (Lipinski definition) is 1. The first kappa shape index (κ1) is 26.2. The standard InChI is InChI=1S/C21H28F4N6O2S2/c1-30(2)14-5-4-12(10-14)19-29-18(21(23,24)25)17(34-19)16-15(22)11-26-20(28-16)27-13-6-8-31(9-7-13)35(3,32)33/h11-14H,4-10H2,1-3H3,(H,26,27,28)/t12-,14-/m0/s1. The summed E-state index contributed by atoms with van der Waals surface area (Å²) in [7, 11) is 0.591. The number of halogens is 4. The van der Waals surface area contributed by atoms with Crippen molar-refractivity contribution in [2.45, 2.75) is 56.3 Å². The van der Waals surface area contributed by atoms with Gasteiger partial charge in [0.2, 0.25) is 16.0 Å². The van der Waals surface area contributed by atoms with Gasteiger partial charge in [-0.3, -0.25) is 0 Å². The molecule has 2 aromatic rings. The van der Waals surface area contributed by atoms with E-state index in [1.807, 2.05) is 14.1 Å². The Morgan fingerprint density at radius 3 is 2.40 bits per heavy atom. The van der Waals surface area contributed by atoms with E-state index in [0.29, 0.717) is 37.4 Å². The number of nitrogens with zero attached hydrogens (tertiary/aromatic N) is 5. The Kier molecular flexibility index (Phi) is 7.38. The number of hydrogen-bond acceptors (Lipinski definition) is 8. The second kappa shape index (κ2) is 9.87. The lowest BCUT2D eigenvalue weighted by molar-refractivity contribution is -0.140. The predicted octanol–water partition coefficient (Wildman–Crippen LogP) is 3.79. The van der Waals surface area contributed by atoms with Crippen molar-refractivity contribution in [3.63, 3.8) is 0 Å². The van der Waals surface area contributed by atoms with Gasteiger partial charge in [-0.15, -0.1) is 11.3 Å². The Hall–Kier alpha value is -1.90. The topological polar surface area (TPSA) is 91.3 Å². The van der Waals surface area contributed by atoms with E-state index in [1.165, 1.54) is 4.31 Å². The summed E-state index contributed by atoms with van der Waals surface area (Å²) < 4.78 is 81.1. The minimum absolute atomic E-state index is 0.00387. The lowest BCUT2D eigenvalue weighted by atomic mass is 10.1. The van der Waals surface area contributed by atoms with Crippen LogP contribution in [0.4, 0.5) is 23.5 Å². The van der Waals surface area contributed by atoms with Crippen LogP contribution in [0.2, 0.25) is 0 Å². The van der Waals surface area contributed by atoms with E-state index in [-0.39, 0.29) is 28.8 Å². The lowest BCUT2D eigenvalue weighted by Gasteiger charge is -2.30. The zero-order valence-corrected chi connectivity index (χ0v) is 21.3. The lowest BCUT2D eigenvalue weighted by Crippen LogP contribution is -2.42. The second-order valence-electron chi connectivity index (χ2n) is 9.33. The van der Waals surface area contributed by atoms with Crippen molar-refractivity contribution >= 4 is 27.3 Å². The maximum atomic E-state index is 14.7. The van der Waals surface area contributed by atoms with Gasteiger partial charge < -0.3 is 10.2 Å². The number of thiazole rings is 1. The van der Waals surface area contributed by atoms with Crippen LogP contribution in [0.5, 0.6) is 0 Å². The molecule has 35 heavy (non-hydrogen) atoms. The largest absolute Gasteiger partial charge is 0.434 e. The summed E-state index contributed by atoms with van der Waals surface area (Å²) in [6.45, 7) is 0.604. The van der Waals surface area contributed by atoms with Crippen LogP contribution in [0.15, 0.2) is 6.20 Å². The molecule has 2 aliphatic rings. The van der Waals surface area contributed by atoms with E-state index in [4.69, 9.17) is 0 Å². The Balaban J connectivity index is 1.59. The molecule has 0 bridgehead atoms. The number of nitrogens with one attached hydrogen (secondary N) is 1. The van der Waals surface area contributed by atoms with Crippen LogP contribution >= 0.6 is 11.3 Å². The van der Waals surface area contributed by atoms with Gasteiger partial charge in [-0.1, -0.05) is 0 Å². The average Bonchev–Trinajstić information content (AvgIpc) is 3.42. The molecule has 4 rings (SSSR count). The van der Waals surface area contributed by atoms with Gasteiger partial charge in [0.05, 0.1) is 22.3 Å². The number of aromatic nitrogens is 3. The summed E-state index contributed by atoms with van der Waals surface area (Å²) in [5.74, 6) is -1.08. The van der Waals surface area contributed by atoms with Gasteiger partial charge in [-0.05, 0) is 46.2 Å². The Labute approximate surface area is 205 Å². The zero-order valence-electron chi connectivity index (χ0n) is 19.6. The first-order chi connectivity index (χ1) is 16.3. The molecule has 2 atom stereocenters. The molecule has 1 aliphatic carbocycles. The fraction of sp³-hybridized carbons (Fsp3) is 0.667. The monoisotopic (exact) mass is 536 g/mol. The van der Waals surface area contributed by atoms with Crippen LogP contribution < -0.4 is 5.32 Å². The van der Waals surface area contributed by atoms with Gasteiger partial charge in [-0.2, -0.15) is 13.2 Å². The van der Waals surface area contributed by atoms with Crippen molar-refractivity contribution in [1.82, 2.24) is 24.2 Å². The summed E-state index contributed by atoms with van der Waals surface area (Å²) in [6, 6.07) is 0.0780. The molecule has 0 spiro atoms. The smallest absolute Gasteiger partial charge is 0.351 e. The summed E-state index contributed by atoms with van der Waals surface area (Å²) >= 11 is 0.841. The van der Waals surface area contributed by atoms with Crippen LogP contribution in [0, 0.1) is 5.82 Å². The maximum absolute atomic E-state index is 14.7. The van der Waals surface area contributed by atoms with E-state index < -0.39 is 33.4 Å². The number of sulfonamides is 1. The highest BCUT2D eigenvalue weighted by Gasteiger charge is 2.41. The molecule has 0 unspecified atom stereocenters. The quantitative estimate of drug-likeness (QED) is 0.562. The van der Waals surface area contributed by atoms with Crippen LogP contribution in [0.3, 0.4) is 0 Å². The Morgan fingerprint density at radius 1 is 1.14 bits per heavy atom. The number of piperidine rings is 1. The second-order valence-corrected chi connectivity index (χ2v) is 12.3. The molecule has 0 aromatic carbocycles. The molecule has 1 aliphatic heterocycles. The molecule has 194 valence electrons. The van der Waals surface area contributed by atoms with Gasteiger partial charge in [0.25, 0.3) is 0 Å². The van der Waals surface area contributed by atoms with Crippen LogP contribution in [-0.2, 0) is 16.2 Å². The molecule has 1 saturated heterocycles. The average molecular weight is 537 g/mol. The summed E-state index contributed by atoms with van der Waals surface area (Å²) in [4.78, 5) is 13.6. The molecule has 8 nitrogen and oxygen atoms in total. The molecule has 0 radical (unpaired) electrons. The molecule has 1 saturated carbocycles. The maximum Gasteiger partial charge on any atom is 0.434 e. The summed E-state index contributed by atoms with van der Waals surface area (Å²) in [6.07, 6.45) is 0.458. The van der Waals surface area contributed by atoms with Crippen LogP contribution in [0.1, 0.15) is 48.7 Å². The highest BCUT2D eigenvalue weighted by Crippen LogP contribution is 2.45. The molecular formula is C21H28F4N6O2S2. The van der Waals surface area contributed by atoms with Crippen molar-refractivity contribution in [1.29, 1.82) is 0 Å². The van der Waals surface area contributed by atoms with Gasteiger partial charge in [0, 0.05) is 31.1 Å². The minimum atomic E-state index is -4.76. The van der Waals surface area contributed by atoms with E-state index in [2.05, 4.69) is 25.2 Å². The SMILES string of the molecule is CN(C)[C@H]1CC[C@H](c2nc(C(F)(F)F)c(-c3nc(NC4CCN(S(C)(=O)=O)CC4)ncc3F)s2)C1. The van der Waals surface area contributed by atoms with E-state index in [1.54, 1.807) is 0 Å². The molecule has 2 aromatic heterocycles. The molecule has 0 amide bonds. The summed E-state index contributed by atoms with van der Waals surface area (Å²) in [5.41, 5.74) is -1.56. The number of rotatable bonds is 6. The molecule has 14 heteroatoms. The van der Waals surface area contributed by atoms with E-state index in [0.717, 1.165) is 36.6 Å². The summed E-state index contributed by atoms with van der Waals surface area (Å²) in [5, 5.41) is 3.36. The van der Waals surface area contributed by atoms with Gasteiger partial charge in [-0.25, -0.2) is 32.1 Å². The van der Waals surface area contributed by atoms with Crippen molar-refractivity contribution in [2.24, 2.45) is 0 Å². The molecule has 2 fully saturated rings. The van der Waals surface area contributed by atoms with Crippen LogP contribution in [0.25, 0.3) is 10.6 Å². The first-order valence-electron chi connectivity index (χ1n) is 11.3. The Bertz CT molecular complexity index is 1160. The van der Waals surface area contributed by atoms with Crippen molar-refractivity contribution in [2.75, 3.05) is 38.8 Å². The van der Waals surface area contributed by atoms with Gasteiger partial charge >= 0.3 is 6.18 Å². The van der Waals surface area contributed by atoms with Gasteiger partial charge in [0.15, 0.2) is 11.5 Å². The van der Waals surface area contributed by atoms with Crippen molar-refractivity contribution < 1.29 is 26.0 Å². The fourth-order valence-electron chi connectivity index (χ4n) is 4.63. The predicted molar refractivity (Wildman–Crippen MR) is 125 cm³/mol. The first-order valence-corrected chi connectivity index (χ1v) is 14.0. The third-order valence-corrected chi connectivity index (χ3v) is 9.14. The Morgan fingerprint density at radius 2 is 1.83 bits per heavy atom.